The normalized spacial score (nSPS) is 18.0. The maximum absolute atomic E-state index is 14.9. The number of benzene rings is 3. The van der Waals surface area contributed by atoms with Gasteiger partial charge in [-0.1, -0.05) is 54.6 Å². The van der Waals surface area contributed by atoms with E-state index in [0.29, 0.717) is 18.4 Å². The van der Waals surface area contributed by atoms with Gasteiger partial charge in [0.25, 0.3) is 15.6 Å². The predicted octanol–water partition coefficient (Wildman–Crippen LogP) is 6.44. The lowest BCUT2D eigenvalue weighted by Gasteiger charge is -2.37. The molecular weight excluding hydrogens is 713 g/mol. The van der Waals surface area contributed by atoms with E-state index >= 15 is 0 Å². The number of amides is 1. The van der Waals surface area contributed by atoms with Crippen molar-refractivity contribution in [1.82, 2.24) is 13.8 Å². The van der Waals surface area contributed by atoms with Crippen molar-refractivity contribution in [3.63, 3.8) is 0 Å². The van der Waals surface area contributed by atoms with E-state index in [9.17, 15) is 36.0 Å². The summed E-state index contributed by atoms with van der Waals surface area (Å²) in [4.78, 5) is 42.5. The smallest absolute Gasteiger partial charge is 0.416 e. The highest BCUT2D eigenvalue weighted by Gasteiger charge is 2.44. The van der Waals surface area contributed by atoms with Gasteiger partial charge in [-0.05, 0) is 73.2 Å². The molecule has 11 nitrogen and oxygen atoms in total. The fraction of sp³-hybridized carbons (Fsp3) is 0.395. The quantitative estimate of drug-likeness (QED) is 0.223. The molecule has 53 heavy (non-hydrogen) atoms. The number of halogens is 3. The number of sulfonamides is 1. The SMILES string of the molecule is COC(=O)C1CN(C)S(=O)(=O)c2c(-c3cccc(C(F)(F)F)c3)c(Cc3cccc4ccccc34)c(NC3CCN(C(=O)OC(C)(C)C)CC3)c(=O)n21. The van der Waals surface area contributed by atoms with Crippen molar-refractivity contribution >= 4 is 38.5 Å². The lowest BCUT2D eigenvalue weighted by Crippen LogP contribution is -2.50. The number of piperidine rings is 1. The topological polar surface area (TPSA) is 127 Å². The molecule has 1 N–H and O–H groups in total. The Balaban J connectivity index is 1.62. The minimum Gasteiger partial charge on any atom is -0.467 e. The number of hydrogen-bond acceptors (Lipinski definition) is 8. The summed E-state index contributed by atoms with van der Waals surface area (Å²) in [7, 11) is -2.21. The highest BCUT2D eigenvalue weighted by molar-refractivity contribution is 7.89. The summed E-state index contributed by atoms with van der Waals surface area (Å²) in [5.74, 6) is -0.900. The Kier molecular flexibility index (Phi) is 10.1. The molecule has 282 valence electrons. The Morgan fingerprint density at radius 3 is 2.28 bits per heavy atom. The van der Waals surface area contributed by atoms with Crippen molar-refractivity contribution in [1.29, 1.82) is 0 Å². The number of likely N-dealkylation sites (N-methyl/N-ethyl adjacent to an activating group) is 1. The van der Waals surface area contributed by atoms with Crippen LogP contribution in [0.4, 0.5) is 23.7 Å². The largest absolute Gasteiger partial charge is 0.467 e. The third-order valence-electron chi connectivity index (χ3n) is 9.56. The molecule has 0 saturated carbocycles. The molecule has 2 aliphatic rings. The Bertz CT molecular complexity index is 2240. The zero-order valence-corrected chi connectivity index (χ0v) is 30.8. The van der Waals surface area contributed by atoms with Crippen molar-refractivity contribution < 1.29 is 40.7 Å². The number of ether oxygens (including phenoxy) is 2. The molecule has 0 spiro atoms. The van der Waals surface area contributed by atoms with Gasteiger partial charge in [-0.3, -0.25) is 9.36 Å². The average molecular weight is 755 g/mol. The highest BCUT2D eigenvalue weighted by atomic mass is 32.2. The number of fused-ring (bicyclic) bond motifs is 2. The number of esters is 1. The van der Waals surface area contributed by atoms with Crippen LogP contribution in [-0.4, -0.2) is 79.7 Å². The molecule has 0 bridgehead atoms. The number of aromatic nitrogens is 1. The van der Waals surface area contributed by atoms with Gasteiger partial charge in [-0.2, -0.15) is 17.5 Å². The molecule has 0 aliphatic carbocycles. The molecule has 0 radical (unpaired) electrons. The van der Waals surface area contributed by atoms with Gasteiger partial charge in [0.05, 0.1) is 12.7 Å². The Hall–Kier alpha value is -4.89. The molecule has 6 rings (SSSR count). The van der Waals surface area contributed by atoms with E-state index in [0.717, 1.165) is 38.9 Å². The van der Waals surface area contributed by atoms with Gasteiger partial charge in [0.15, 0.2) is 5.03 Å². The first-order valence-electron chi connectivity index (χ1n) is 17.1. The van der Waals surface area contributed by atoms with E-state index in [1.54, 1.807) is 25.7 Å². The van der Waals surface area contributed by atoms with E-state index in [-0.39, 0.29) is 41.9 Å². The van der Waals surface area contributed by atoms with Crippen molar-refractivity contribution in [3.05, 3.63) is 93.8 Å². The second kappa shape index (κ2) is 14.2. The van der Waals surface area contributed by atoms with Crippen molar-refractivity contribution in [2.45, 2.75) is 68.9 Å². The molecule has 1 amide bonds. The van der Waals surface area contributed by atoms with Crippen LogP contribution in [0.5, 0.6) is 0 Å². The molecule has 3 heterocycles. The first-order valence-corrected chi connectivity index (χ1v) is 18.6. The summed E-state index contributed by atoms with van der Waals surface area (Å²) in [5, 5.41) is 4.38. The van der Waals surface area contributed by atoms with Crippen LogP contribution in [0.1, 0.15) is 56.3 Å². The molecule has 1 aromatic heterocycles. The van der Waals surface area contributed by atoms with Crippen molar-refractivity contribution in [3.8, 4) is 11.1 Å². The highest BCUT2D eigenvalue weighted by Crippen LogP contribution is 2.42. The van der Waals surface area contributed by atoms with E-state index in [4.69, 9.17) is 9.47 Å². The fourth-order valence-electron chi connectivity index (χ4n) is 6.99. The van der Waals surface area contributed by atoms with Gasteiger partial charge >= 0.3 is 18.2 Å². The molecule has 1 saturated heterocycles. The Morgan fingerprint density at radius 1 is 0.962 bits per heavy atom. The van der Waals surface area contributed by atoms with E-state index in [2.05, 4.69) is 5.32 Å². The third kappa shape index (κ3) is 7.49. The molecule has 1 atom stereocenters. The maximum atomic E-state index is 14.9. The van der Waals surface area contributed by atoms with Gasteiger partial charge < -0.3 is 19.7 Å². The zero-order valence-electron chi connectivity index (χ0n) is 30.0. The van der Waals surface area contributed by atoms with Gasteiger partial charge in [-0.25, -0.2) is 18.0 Å². The van der Waals surface area contributed by atoms with Crippen LogP contribution in [0.2, 0.25) is 0 Å². The van der Waals surface area contributed by atoms with Crippen LogP contribution in [0.15, 0.2) is 76.6 Å². The Morgan fingerprint density at radius 2 is 1.62 bits per heavy atom. The lowest BCUT2D eigenvalue weighted by atomic mass is 9.91. The van der Waals surface area contributed by atoms with Gasteiger partial charge in [-0.15, -0.1) is 0 Å². The lowest BCUT2D eigenvalue weighted by molar-refractivity contribution is -0.145. The summed E-state index contributed by atoms with van der Waals surface area (Å²) in [6.07, 6.45) is -4.57. The minimum atomic E-state index is -4.77. The number of methoxy groups -OCH3 is 1. The van der Waals surface area contributed by atoms with Crippen molar-refractivity contribution in [2.75, 3.05) is 39.1 Å². The Labute approximate surface area is 305 Å². The number of alkyl halides is 3. The number of carbonyl (C=O) groups excluding carboxylic acids is 2. The van der Waals surface area contributed by atoms with E-state index in [1.165, 1.54) is 19.2 Å². The molecule has 1 fully saturated rings. The zero-order chi connectivity index (χ0) is 38.5. The molecule has 3 aromatic carbocycles. The second-order valence-electron chi connectivity index (χ2n) is 14.3. The average Bonchev–Trinajstić information content (AvgIpc) is 3.10. The monoisotopic (exact) mass is 754 g/mol. The van der Waals surface area contributed by atoms with Crippen molar-refractivity contribution in [2.24, 2.45) is 0 Å². The van der Waals surface area contributed by atoms with E-state index in [1.807, 2.05) is 42.5 Å². The molecule has 2 aliphatic heterocycles. The summed E-state index contributed by atoms with van der Waals surface area (Å²) in [5.41, 5.74) is -2.03. The number of carbonyl (C=O) groups is 2. The van der Waals surface area contributed by atoms with Crippen LogP contribution in [0, 0.1) is 0 Å². The number of nitrogens with zero attached hydrogens (tertiary/aromatic N) is 3. The van der Waals surface area contributed by atoms with Crippen LogP contribution in [0.25, 0.3) is 21.9 Å². The molecule has 15 heteroatoms. The minimum absolute atomic E-state index is 0.0570. The fourth-order valence-corrected chi connectivity index (χ4v) is 8.58. The standard InChI is InChI=1S/C38H41F3N4O7S/c1-37(2,3)52-36(48)44-18-16-27(17-19-44)42-32-29(21-24-12-8-11-23-10-6-7-15-28(23)24)31(25-13-9-14-26(20-25)38(39,40)41)34-45(33(32)46)30(35(47)51-5)22-43(4)53(34,49)50/h6-15,20,27,30,42H,16-19,21-22H2,1-5H3. The number of nitrogens with one attached hydrogen (secondary N) is 1. The number of hydrogen-bond donors (Lipinski definition) is 1. The first-order chi connectivity index (χ1) is 24.9. The van der Waals surface area contributed by atoms with Crippen LogP contribution in [0.3, 0.4) is 0 Å². The molecule has 1 unspecified atom stereocenters. The number of anilines is 1. The third-order valence-corrected chi connectivity index (χ3v) is 11.4. The number of pyridine rings is 1. The molecular formula is C38H41F3N4O7S. The summed E-state index contributed by atoms with van der Waals surface area (Å²) >= 11 is 0. The van der Waals surface area contributed by atoms with E-state index < -0.39 is 68.6 Å². The molecule has 4 aromatic rings. The second-order valence-corrected chi connectivity index (χ2v) is 16.3. The van der Waals surface area contributed by atoms with Gasteiger partial charge in [0, 0.05) is 44.7 Å². The first kappa shape index (κ1) is 37.9. The maximum Gasteiger partial charge on any atom is 0.416 e. The summed E-state index contributed by atoms with van der Waals surface area (Å²) in [6, 6.07) is 15.4. The van der Waals surface area contributed by atoms with Crippen LogP contribution >= 0.6 is 0 Å². The van der Waals surface area contributed by atoms with Crippen LogP contribution in [-0.2, 0) is 36.9 Å². The number of rotatable bonds is 6. The predicted molar refractivity (Wildman–Crippen MR) is 193 cm³/mol. The number of likely N-dealkylation sites (tertiary alicyclic amines) is 1. The van der Waals surface area contributed by atoms with Gasteiger partial charge in [0.1, 0.15) is 17.3 Å². The summed E-state index contributed by atoms with van der Waals surface area (Å²) < 4.78 is 83.6. The van der Waals surface area contributed by atoms with Gasteiger partial charge in [0.2, 0.25) is 0 Å². The van der Waals surface area contributed by atoms with Crippen LogP contribution < -0.4 is 10.9 Å². The summed E-state index contributed by atoms with van der Waals surface area (Å²) in [6.45, 7) is 5.41.